The molecule has 8 heteroatoms. The minimum atomic E-state index is -3.09. The predicted octanol–water partition coefficient (Wildman–Crippen LogP) is 3.27. The van der Waals surface area contributed by atoms with Gasteiger partial charge in [0.05, 0.1) is 0 Å². The Morgan fingerprint density at radius 2 is 1.89 bits per heavy atom. The third-order valence-corrected chi connectivity index (χ3v) is 5.23. The number of para-hydroxylation sites is 1. The zero-order chi connectivity index (χ0) is 13.7. The van der Waals surface area contributed by atoms with Crippen molar-refractivity contribution < 1.29 is 13.6 Å². The fraction of sp³-hybridized carbons (Fsp3) is 0.273. The quantitative estimate of drug-likeness (QED) is 0.825. The Labute approximate surface area is 115 Å². The van der Waals surface area contributed by atoms with Gasteiger partial charge >= 0.3 is 7.60 Å². The highest BCUT2D eigenvalue weighted by molar-refractivity contribution is 7.53. The van der Waals surface area contributed by atoms with Crippen molar-refractivity contribution in [3.8, 4) is 0 Å². The maximum Gasteiger partial charge on any atom is 0.337 e. The monoisotopic (exact) mass is 299 g/mol. The van der Waals surface area contributed by atoms with Gasteiger partial charge in [-0.25, -0.2) is 0 Å². The number of benzene rings is 1. The summed E-state index contributed by atoms with van der Waals surface area (Å²) in [6.07, 6.45) is 0.119. The number of aromatic nitrogens is 2. The lowest BCUT2D eigenvalue weighted by Crippen LogP contribution is -1.92. The van der Waals surface area contributed by atoms with Crippen molar-refractivity contribution in [2.75, 3.05) is 19.5 Å². The highest BCUT2D eigenvalue weighted by Gasteiger charge is 2.24. The van der Waals surface area contributed by atoms with E-state index in [4.69, 9.17) is 9.05 Å². The molecule has 0 saturated carbocycles. The van der Waals surface area contributed by atoms with Crippen LogP contribution in [-0.2, 0) is 19.8 Å². The van der Waals surface area contributed by atoms with Crippen LogP contribution in [-0.4, -0.2) is 24.4 Å². The molecule has 0 aliphatic carbocycles. The van der Waals surface area contributed by atoms with Crippen LogP contribution in [0, 0.1) is 0 Å². The molecule has 2 aromatic rings. The van der Waals surface area contributed by atoms with E-state index in [2.05, 4.69) is 15.5 Å². The lowest BCUT2D eigenvalue weighted by Gasteiger charge is -2.10. The van der Waals surface area contributed by atoms with E-state index in [0.717, 1.165) is 5.69 Å². The zero-order valence-electron chi connectivity index (χ0n) is 10.6. The molecule has 102 valence electrons. The third-order valence-electron chi connectivity index (χ3n) is 2.38. The van der Waals surface area contributed by atoms with Crippen LogP contribution < -0.4 is 5.32 Å². The number of nitrogens with zero attached hydrogens (tertiary/aromatic N) is 2. The summed E-state index contributed by atoms with van der Waals surface area (Å²) in [5.41, 5.74) is 0.923. The van der Waals surface area contributed by atoms with E-state index in [1.807, 2.05) is 30.3 Å². The van der Waals surface area contributed by atoms with Crippen LogP contribution in [0.5, 0.6) is 0 Å². The second-order valence-electron chi connectivity index (χ2n) is 3.63. The summed E-state index contributed by atoms with van der Waals surface area (Å²) < 4.78 is 21.7. The molecular formula is C11H14N3O3PS. The number of hydrogen-bond donors (Lipinski definition) is 1. The van der Waals surface area contributed by atoms with E-state index in [1.165, 1.54) is 25.6 Å². The Kier molecular flexibility index (Phi) is 4.66. The van der Waals surface area contributed by atoms with Gasteiger partial charge in [-0.05, 0) is 12.1 Å². The van der Waals surface area contributed by atoms with Crippen LogP contribution in [0.2, 0.25) is 0 Å². The van der Waals surface area contributed by atoms with E-state index >= 15 is 0 Å². The standard InChI is InChI=1S/C11H14N3O3PS/c1-16-18(15,17-2)8-10-13-14-11(19-10)12-9-6-4-3-5-7-9/h3-7H,8H2,1-2H3,(H,12,14). The summed E-state index contributed by atoms with van der Waals surface area (Å²) in [6.45, 7) is 0. The molecule has 0 aliphatic heterocycles. The second-order valence-corrected chi connectivity index (χ2v) is 6.96. The molecule has 0 saturated heterocycles. The molecule has 0 radical (unpaired) electrons. The molecule has 1 aromatic carbocycles. The summed E-state index contributed by atoms with van der Waals surface area (Å²) in [5.74, 6) is 0. The summed E-state index contributed by atoms with van der Waals surface area (Å²) in [6, 6.07) is 9.64. The molecule has 1 N–H and O–H groups in total. The third kappa shape index (κ3) is 3.84. The van der Waals surface area contributed by atoms with Crippen molar-refractivity contribution in [1.29, 1.82) is 0 Å². The molecule has 0 atom stereocenters. The minimum absolute atomic E-state index is 0.119. The zero-order valence-corrected chi connectivity index (χ0v) is 12.3. The summed E-state index contributed by atoms with van der Waals surface area (Å²) in [7, 11) is -0.381. The number of nitrogens with one attached hydrogen (secondary N) is 1. The molecular weight excluding hydrogens is 285 g/mol. The Hall–Kier alpha value is -1.27. The van der Waals surface area contributed by atoms with Gasteiger partial charge in [-0.2, -0.15) is 0 Å². The van der Waals surface area contributed by atoms with E-state index in [1.54, 1.807) is 0 Å². The van der Waals surface area contributed by atoms with E-state index in [0.29, 0.717) is 10.1 Å². The van der Waals surface area contributed by atoms with Crippen LogP contribution in [0.3, 0.4) is 0 Å². The van der Waals surface area contributed by atoms with Crippen LogP contribution >= 0.6 is 18.9 Å². The van der Waals surface area contributed by atoms with Crippen molar-refractivity contribution in [3.05, 3.63) is 35.3 Å². The molecule has 19 heavy (non-hydrogen) atoms. The molecule has 6 nitrogen and oxygen atoms in total. The Bertz CT molecular complexity index is 568. The molecule has 2 rings (SSSR count). The maximum atomic E-state index is 12.0. The lowest BCUT2D eigenvalue weighted by molar-refractivity contribution is 0.274. The largest absolute Gasteiger partial charge is 0.337 e. The average molecular weight is 299 g/mol. The SMILES string of the molecule is COP(=O)(Cc1nnc(Nc2ccccc2)s1)OC. The van der Waals surface area contributed by atoms with Gasteiger partial charge < -0.3 is 14.4 Å². The van der Waals surface area contributed by atoms with Gasteiger partial charge in [-0.1, -0.05) is 29.5 Å². The summed E-state index contributed by atoms with van der Waals surface area (Å²) in [5, 5.41) is 12.3. The van der Waals surface area contributed by atoms with Gasteiger partial charge in [0.25, 0.3) is 0 Å². The first kappa shape index (κ1) is 14.1. The minimum Gasteiger partial charge on any atom is -0.330 e. The summed E-state index contributed by atoms with van der Waals surface area (Å²) >= 11 is 1.32. The van der Waals surface area contributed by atoms with Crippen molar-refractivity contribution in [3.63, 3.8) is 0 Å². The number of hydrogen-bond acceptors (Lipinski definition) is 7. The smallest absolute Gasteiger partial charge is 0.330 e. The Morgan fingerprint density at radius 1 is 1.21 bits per heavy atom. The highest BCUT2D eigenvalue weighted by atomic mass is 32.1. The Morgan fingerprint density at radius 3 is 2.53 bits per heavy atom. The van der Waals surface area contributed by atoms with Gasteiger partial charge in [-0.15, -0.1) is 10.2 Å². The maximum absolute atomic E-state index is 12.0. The predicted molar refractivity (Wildman–Crippen MR) is 75.0 cm³/mol. The molecule has 0 spiro atoms. The van der Waals surface area contributed by atoms with Gasteiger partial charge in [0, 0.05) is 19.9 Å². The second kappa shape index (κ2) is 6.25. The van der Waals surface area contributed by atoms with Crippen LogP contribution in [0.15, 0.2) is 30.3 Å². The average Bonchev–Trinajstić information content (AvgIpc) is 2.87. The van der Waals surface area contributed by atoms with Crippen LogP contribution in [0.1, 0.15) is 5.01 Å². The molecule has 0 unspecified atom stereocenters. The van der Waals surface area contributed by atoms with E-state index in [9.17, 15) is 4.57 Å². The fourth-order valence-corrected chi connectivity index (χ4v) is 3.47. The molecule has 0 aliphatic rings. The van der Waals surface area contributed by atoms with Gasteiger partial charge in [0.2, 0.25) is 5.13 Å². The molecule has 0 amide bonds. The first-order valence-electron chi connectivity index (χ1n) is 5.50. The molecule has 1 heterocycles. The normalized spacial score (nSPS) is 11.5. The number of anilines is 2. The van der Waals surface area contributed by atoms with Crippen molar-refractivity contribution in [1.82, 2.24) is 10.2 Å². The highest BCUT2D eigenvalue weighted by Crippen LogP contribution is 2.50. The van der Waals surface area contributed by atoms with Crippen LogP contribution in [0.25, 0.3) is 0 Å². The first-order chi connectivity index (χ1) is 9.15. The van der Waals surface area contributed by atoms with E-state index in [-0.39, 0.29) is 6.16 Å². The van der Waals surface area contributed by atoms with Crippen molar-refractivity contribution in [2.24, 2.45) is 0 Å². The van der Waals surface area contributed by atoms with E-state index < -0.39 is 7.60 Å². The molecule has 0 bridgehead atoms. The van der Waals surface area contributed by atoms with Crippen LogP contribution in [0.4, 0.5) is 10.8 Å². The van der Waals surface area contributed by atoms with Gasteiger partial charge in [-0.3, -0.25) is 4.57 Å². The molecule has 0 fully saturated rings. The fourth-order valence-electron chi connectivity index (χ4n) is 1.38. The molecule has 1 aromatic heterocycles. The van der Waals surface area contributed by atoms with Crippen molar-refractivity contribution in [2.45, 2.75) is 6.16 Å². The van der Waals surface area contributed by atoms with Gasteiger partial charge in [0.15, 0.2) is 0 Å². The number of rotatable bonds is 6. The topological polar surface area (TPSA) is 73.3 Å². The van der Waals surface area contributed by atoms with Crippen molar-refractivity contribution >= 4 is 29.8 Å². The first-order valence-corrected chi connectivity index (χ1v) is 8.04. The Balaban J connectivity index is 2.05. The lowest BCUT2D eigenvalue weighted by atomic mass is 10.3. The van der Waals surface area contributed by atoms with Gasteiger partial charge in [0.1, 0.15) is 11.2 Å². The summed E-state index contributed by atoms with van der Waals surface area (Å²) in [4.78, 5) is 0.